The Bertz CT molecular complexity index is 1040. The largest absolute Gasteiger partial charge is 0.441 e. The molecule has 3 heterocycles. The van der Waals surface area contributed by atoms with Crippen molar-refractivity contribution in [3.8, 4) is 0 Å². The van der Waals surface area contributed by atoms with E-state index in [-0.39, 0.29) is 11.7 Å². The van der Waals surface area contributed by atoms with Gasteiger partial charge in [0.2, 0.25) is 6.10 Å². The minimum atomic E-state index is -1.02. The molecule has 4 rings (SSSR count). The summed E-state index contributed by atoms with van der Waals surface area (Å²) in [4.78, 5) is 36.2. The molecule has 0 spiro atoms. The third-order valence-electron chi connectivity index (χ3n) is 5.02. The number of likely N-dealkylation sites (tertiary alicyclic amines) is 1. The van der Waals surface area contributed by atoms with Crippen LogP contribution in [0.3, 0.4) is 0 Å². The van der Waals surface area contributed by atoms with E-state index in [1.54, 1.807) is 17.0 Å². The summed E-state index contributed by atoms with van der Waals surface area (Å²) in [6, 6.07) is 10.9. The van der Waals surface area contributed by atoms with Crippen LogP contribution < -0.4 is 0 Å². The summed E-state index contributed by atoms with van der Waals surface area (Å²) < 4.78 is 7.13. The van der Waals surface area contributed by atoms with Gasteiger partial charge in [-0.1, -0.05) is 30.3 Å². The third-order valence-corrected chi connectivity index (χ3v) is 5.02. The van der Waals surface area contributed by atoms with E-state index in [4.69, 9.17) is 4.74 Å². The van der Waals surface area contributed by atoms with E-state index in [9.17, 15) is 9.59 Å². The zero-order valence-corrected chi connectivity index (χ0v) is 16.5. The first-order chi connectivity index (χ1) is 14.0. The molecule has 150 valence electrons. The predicted octanol–water partition coefficient (Wildman–Crippen LogP) is 2.65. The predicted molar refractivity (Wildman–Crippen MR) is 105 cm³/mol. The molecular formula is C21H23N5O3. The first-order valence-corrected chi connectivity index (χ1v) is 9.78. The number of rotatable bonds is 4. The highest BCUT2D eigenvalue weighted by Gasteiger charge is 2.31. The number of hydrogen-bond donors (Lipinski definition) is 0. The van der Waals surface area contributed by atoms with Crippen molar-refractivity contribution < 1.29 is 14.3 Å². The van der Waals surface area contributed by atoms with Crippen molar-refractivity contribution >= 4 is 17.7 Å². The van der Waals surface area contributed by atoms with E-state index in [0.717, 1.165) is 30.7 Å². The molecule has 0 unspecified atom stereocenters. The van der Waals surface area contributed by atoms with Gasteiger partial charge in [-0.05, 0) is 39.2 Å². The molecule has 1 amide bonds. The lowest BCUT2D eigenvalue weighted by atomic mass is 10.1. The molecule has 29 heavy (non-hydrogen) atoms. The molecule has 1 aromatic carbocycles. The first kappa shape index (κ1) is 19.0. The fourth-order valence-corrected chi connectivity index (χ4v) is 3.58. The smallest absolute Gasteiger partial charge is 0.379 e. The number of esters is 1. The Hall–Kier alpha value is -3.29. The van der Waals surface area contributed by atoms with E-state index >= 15 is 0 Å². The molecule has 8 nitrogen and oxygen atoms in total. The SMILES string of the molecule is Cc1cc(C)n2nc(C(=O)O[C@H](C(=O)N3CCCCC3)c3ccccc3)nc2n1. The number of carbonyl (C=O) groups excluding carboxylic acids is 2. The number of piperidine rings is 1. The molecule has 0 bridgehead atoms. The lowest BCUT2D eigenvalue weighted by Gasteiger charge is -2.30. The van der Waals surface area contributed by atoms with E-state index < -0.39 is 12.1 Å². The molecular weight excluding hydrogens is 370 g/mol. The van der Waals surface area contributed by atoms with Gasteiger partial charge in [-0.15, -0.1) is 5.10 Å². The van der Waals surface area contributed by atoms with Crippen molar-refractivity contribution in [1.29, 1.82) is 0 Å². The van der Waals surface area contributed by atoms with Crippen molar-refractivity contribution in [3.63, 3.8) is 0 Å². The molecule has 2 aromatic heterocycles. The van der Waals surface area contributed by atoms with Gasteiger partial charge in [0, 0.05) is 30.0 Å². The Kier molecular flexibility index (Phi) is 5.24. The lowest BCUT2D eigenvalue weighted by Crippen LogP contribution is -2.40. The molecule has 1 atom stereocenters. The number of aromatic nitrogens is 4. The van der Waals surface area contributed by atoms with Gasteiger partial charge in [0.1, 0.15) is 0 Å². The van der Waals surface area contributed by atoms with Crippen molar-refractivity contribution in [3.05, 3.63) is 59.2 Å². The van der Waals surface area contributed by atoms with E-state index in [0.29, 0.717) is 24.4 Å². The number of ether oxygens (including phenoxy) is 1. The fourth-order valence-electron chi connectivity index (χ4n) is 3.58. The van der Waals surface area contributed by atoms with Gasteiger partial charge in [0.25, 0.3) is 17.5 Å². The van der Waals surface area contributed by atoms with Crippen LogP contribution >= 0.6 is 0 Å². The lowest BCUT2D eigenvalue weighted by molar-refractivity contribution is -0.142. The van der Waals surface area contributed by atoms with Crippen molar-refractivity contribution in [2.45, 2.75) is 39.2 Å². The average molecular weight is 393 g/mol. The van der Waals surface area contributed by atoms with Gasteiger partial charge < -0.3 is 9.64 Å². The summed E-state index contributed by atoms with van der Waals surface area (Å²) in [5, 5.41) is 4.22. The van der Waals surface area contributed by atoms with E-state index in [1.807, 2.05) is 38.1 Å². The Morgan fingerprint density at radius 1 is 1.03 bits per heavy atom. The second-order valence-corrected chi connectivity index (χ2v) is 7.27. The Morgan fingerprint density at radius 2 is 1.76 bits per heavy atom. The van der Waals surface area contributed by atoms with Gasteiger partial charge in [-0.25, -0.2) is 14.3 Å². The highest BCUT2D eigenvalue weighted by atomic mass is 16.5. The first-order valence-electron chi connectivity index (χ1n) is 9.78. The summed E-state index contributed by atoms with van der Waals surface area (Å²) in [6.45, 7) is 5.06. The third kappa shape index (κ3) is 3.96. The summed E-state index contributed by atoms with van der Waals surface area (Å²) >= 11 is 0. The highest BCUT2D eigenvalue weighted by molar-refractivity contribution is 5.90. The number of benzene rings is 1. The van der Waals surface area contributed by atoms with Gasteiger partial charge in [-0.3, -0.25) is 4.79 Å². The second-order valence-electron chi connectivity index (χ2n) is 7.27. The molecule has 0 N–H and O–H groups in total. The van der Waals surface area contributed by atoms with Gasteiger partial charge in [0.15, 0.2) is 0 Å². The Morgan fingerprint density at radius 3 is 2.48 bits per heavy atom. The number of aryl methyl sites for hydroxylation is 2. The molecule has 3 aromatic rings. The molecule has 0 aliphatic carbocycles. The minimum Gasteiger partial charge on any atom is -0.441 e. The van der Waals surface area contributed by atoms with Crippen LogP contribution in [0.5, 0.6) is 0 Å². The molecule has 1 aliphatic heterocycles. The van der Waals surface area contributed by atoms with Crippen molar-refractivity contribution in [2.75, 3.05) is 13.1 Å². The summed E-state index contributed by atoms with van der Waals surface area (Å²) in [7, 11) is 0. The highest BCUT2D eigenvalue weighted by Crippen LogP contribution is 2.23. The summed E-state index contributed by atoms with van der Waals surface area (Å²) in [5.41, 5.74) is 2.22. The molecule has 8 heteroatoms. The molecule has 1 saturated heterocycles. The van der Waals surface area contributed by atoms with E-state index in [1.165, 1.54) is 4.52 Å². The maximum Gasteiger partial charge on any atom is 0.379 e. The van der Waals surface area contributed by atoms with Crippen LogP contribution in [0.2, 0.25) is 0 Å². The van der Waals surface area contributed by atoms with Crippen LogP contribution in [0.15, 0.2) is 36.4 Å². The monoisotopic (exact) mass is 393 g/mol. The van der Waals surface area contributed by atoms with Crippen LogP contribution in [-0.4, -0.2) is 49.4 Å². The number of nitrogens with zero attached hydrogens (tertiary/aromatic N) is 5. The fraction of sp³-hybridized carbons (Fsp3) is 0.381. The molecule has 1 fully saturated rings. The quantitative estimate of drug-likeness (QED) is 0.633. The average Bonchev–Trinajstić information content (AvgIpc) is 3.17. The van der Waals surface area contributed by atoms with Crippen LogP contribution in [0.1, 0.15) is 52.9 Å². The zero-order chi connectivity index (χ0) is 20.4. The Balaban J connectivity index is 1.62. The van der Waals surface area contributed by atoms with Crippen molar-refractivity contribution in [2.24, 2.45) is 0 Å². The number of carbonyl (C=O) groups is 2. The van der Waals surface area contributed by atoms with Crippen LogP contribution in [0.4, 0.5) is 0 Å². The van der Waals surface area contributed by atoms with Gasteiger partial charge in [0.05, 0.1) is 0 Å². The van der Waals surface area contributed by atoms with Gasteiger partial charge >= 0.3 is 5.97 Å². The minimum absolute atomic E-state index is 0.112. The number of amides is 1. The second kappa shape index (κ2) is 7.98. The normalized spacial score (nSPS) is 15.3. The van der Waals surface area contributed by atoms with Crippen LogP contribution in [0.25, 0.3) is 5.78 Å². The standard InChI is InChI=1S/C21H23N5O3/c1-14-13-15(2)26-21(22-14)23-18(24-26)20(28)29-17(16-9-5-3-6-10-16)19(27)25-11-7-4-8-12-25/h3,5-6,9-10,13,17H,4,7-8,11-12H2,1-2H3/t17-/m0/s1. The van der Waals surface area contributed by atoms with Crippen LogP contribution in [-0.2, 0) is 9.53 Å². The van der Waals surface area contributed by atoms with Gasteiger partial charge in [-0.2, -0.15) is 4.98 Å². The summed E-state index contributed by atoms with van der Waals surface area (Å²) in [6.07, 6.45) is 2.00. The maximum absolute atomic E-state index is 13.1. The Labute approximate surface area is 168 Å². The van der Waals surface area contributed by atoms with Crippen LogP contribution in [0, 0.1) is 13.8 Å². The topological polar surface area (TPSA) is 89.7 Å². The molecule has 0 saturated carbocycles. The summed E-state index contributed by atoms with van der Waals surface area (Å²) in [5.74, 6) is -0.739. The zero-order valence-electron chi connectivity index (χ0n) is 16.5. The molecule has 0 radical (unpaired) electrons. The number of hydrogen-bond acceptors (Lipinski definition) is 6. The number of fused-ring (bicyclic) bond motifs is 1. The maximum atomic E-state index is 13.1. The van der Waals surface area contributed by atoms with Crippen molar-refractivity contribution in [1.82, 2.24) is 24.5 Å². The molecule has 1 aliphatic rings. The van der Waals surface area contributed by atoms with E-state index in [2.05, 4.69) is 15.1 Å².